The Kier molecular flexibility index (Phi) is 5.86. The molecule has 1 aliphatic heterocycles. The third-order valence-electron chi connectivity index (χ3n) is 4.21. The van der Waals surface area contributed by atoms with Crippen molar-refractivity contribution < 1.29 is 9.84 Å². The van der Waals surface area contributed by atoms with E-state index < -0.39 is 6.10 Å². The van der Waals surface area contributed by atoms with Crippen molar-refractivity contribution >= 4 is 0 Å². The van der Waals surface area contributed by atoms with Crippen molar-refractivity contribution in [3.63, 3.8) is 0 Å². The van der Waals surface area contributed by atoms with Crippen LogP contribution in [0.2, 0.25) is 0 Å². The summed E-state index contributed by atoms with van der Waals surface area (Å²) in [6.07, 6.45) is 4.53. The average Bonchev–Trinajstić information content (AvgIpc) is 2.48. The van der Waals surface area contributed by atoms with Gasteiger partial charge in [-0.15, -0.1) is 0 Å². The lowest BCUT2D eigenvalue weighted by Gasteiger charge is -2.36. The molecule has 0 amide bonds. The van der Waals surface area contributed by atoms with Gasteiger partial charge in [-0.25, -0.2) is 0 Å². The molecule has 1 aromatic rings. The van der Waals surface area contributed by atoms with E-state index in [1.165, 1.54) is 25.7 Å². The van der Waals surface area contributed by atoms with Crippen LogP contribution in [-0.4, -0.2) is 35.7 Å². The van der Waals surface area contributed by atoms with Gasteiger partial charge >= 0.3 is 0 Å². The number of para-hydroxylation sites is 1. The van der Waals surface area contributed by atoms with Crippen LogP contribution in [0.3, 0.4) is 0 Å². The zero-order valence-electron chi connectivity index (χ0n) is 12.7. The average molecular weight is 277 g/mol. The lowest BCUT2D eigenvalue weighted by molar-refractivity contribution is 0.0640. The molecular weight excluding hydrogens is 250 g/mol. The van der Waals surface area contributed by atoms with Crippen LogP contribution < -0.4 is 4.74 Å². The maximum atomic E-state index is 10.6. The van der Waals surface area contributed by atoms with Gasteiger partial charge in [0, 0.05) is 18.2 Å². The highest BCUT2D eigenvalue weighted by Crippen LogP contribution is 2.28. The molecule has 0 saturated carbocycles. The Morgan fingerprint density at radius 1 is 1.30 bits per heavy atom. The van der Waals surface area contributed by atoms with Crippen LogP contribution in [0.4, 0.5) is 0 Å². The van der Waals surface area contributed by atoms with Gasteiger partial charge in [0.25, 0.3) is 0 Å². The molecular formula is C17H27NO2. The van der Waals surface area contributed by atoms with Crippen molar-refractivity contribution in [2.45, 2.75) is 51.7 Å². The van der Waals surface area contributed by atoms with Gasteiger partial charge in [0.2, 0.25) is 0 Å². The number of aliphatic hydroxyl groups excluding tert-OH is 1. The molecule has 1 saturated heterocycles. The zero-order chi connectivity index (χ0) is 14.4. The van der Waals surface area contributed by atoms with Crippen molar-refractivity contribution in [2.24, 2.45) is 0 Å². The van der Waals surface area contributed by atoms with Crippen LogP contribution in [0.25, 0.3) is 0 Å². The Morgan fingerprint density at radius 2 is 2.10 bits per heavy atom. The first-order valence-electron chi connectivity index (χ1n) is 7.90. The molecule has 0 aliphatic carbocycles. The van der Waals surface area contributed by atoms with Crippen molar-refractivity contribution in [3.05, 3.63) is 29.8 Å². The molecule has 0 radical (unpaired) electrons. The topological polar surface area (TPSA) is 32.7 Å². The second-order valence-corrected chi connectivity index (χ2v) is 5.54. The number of benzene rings is 1. The van der Waals surface area contributed by atoms with Crippen LogP contribution >= 0.6 is 0 Å². The largest absolute Gasteiger partial charge is 0.493 e. The third kappa shape index (κ3) is 3.74. The summed E-state index contributed by atoms with van der Waals surface area (Å²) in [6.45, 7) is 6.66. The number of piperidine rings is 1. The first-order chi connectivity index (χ1) is 9.76. The van der Waals surface area contributed by atoms with Gasteiger partial charge in [-0.05, 0) is 38.8 Å². The monoisotopic (exact) mass is 277 g/mol. The quantitative estimate of drug-likeness (QED) is 0.865. The molecule has 2 unspecified atom stereocenters. The fourth-order valence-corrected chi connectivity index (χ4v) is 3.13. The van der Waals surface area contributed by atoms with E-state index in [4.69, 9.17) is 4.74 Å². The second-order valence-electron chi connectivity index (χ2n) is 5.54. The minimum atomic E-state index is -0.468. The van der Waals surface area contributed by atoms with Crippen LogP contribution in [-0.2, 0) is 0 Å². The Balaban J connectivity index is 2.05. The molecule has 3 heteroatoms. The molecule has 0 aromatic heterocycles. The van der Waals surface area contributed by atoms with Gasteiger partial charge in [0.05, 0.1) is 12.7 Å². The summed E-state index contributed by atoms with van der Waals surface area (Å²) >= 11 is 0. The highest BCUT2D eigenvalue weighted by Gasteiger charge is 2.24. The van der Waals surface area contributed by atoms with Gasteiger partial charge < -0.3 is 9.84 Å². The van der Waals surface area contributed by atoms with Crippen molar-refractivity contribution in [2.75, 3.05) is 19.7 Å². The predicted molar refractivity (Wildman–Crippen MR) is 82.1 cm³/mol. The van der Waals surface area contributed by atoms with E-state index >= 15 is 0 Å². The standard InChI is InChI=1S/C17H27NO2/c1-3-14-9-7-8-12-18(14)13-16(19)15-10-5-6-11-17(15)20-4-2/h5-6,10-11,14,16,19H,3-4,7-9,12-13H2,1-2H3. The summed E-state index contributed by atoms with van der Waals surface area (Å²) in [6, 6.07) is 8.46. The highest BCUT2D eigenvalue weighted by atomic mass is 16.5. The molecule has 1 aliphatic rings. The van der Waals surface area contributed by atoms with E-state index in [1.54, 1.807) is 0 Å². The van der Waals surface area contributed by atoms with Crippen LogP contribution in [0.15, 0.2) is 24.3 Å². The molecule has 1 aromatic carbocycles. The smallest absolute Gasteiger partial charge is 0.125 e. The van der Waals surface area contributed by atoms with Gasteiger partial charge in [0.1, 0.15) is 5.75 Å². The van der Waals surface area contributed by atoms with Crippen LogP contribution in [0, 0.1) is 0 Å². The number of rotatable bonds is 6. The second kappa shape index (κ2) is 7.65. The molecule has 1 N–H and O–H groups in total. The van der Waals surface area contributed by atoms with E-state index in [0.29, 0.717) is 19.2 Å². The first kappa shape index (κ1) is 15.3. The number of nitrogens with zero attached hydrogens (tertiary/aromatic N) is 1. The Hall–Kier alpha value is -1.06. The van der Waals surface area contributed by atoms with E-state index in [2.05, 4.69) is 11.8 Å². The first-order valence-corrected chi connectivity index (χ1v) is 7.90. The molecule has 2 atom stereocenters. The van der Waals surface area contributed by atoms with E-state index in [0.717, 1.165) is 17.9 Å². The van der Waals surface area contributed by atoms with E-state index in [-0.39, 0.29) is 0 Å². The molecule has 20 heavy (non-hydrogen) atoms. The predicted octanol–water partition coefficient (Wildman–Crippen LogP) is 3.38. The number of hydrogen-bond acceptors (Lipinski definition) is 3. The molecule has 0 bridgehead atoms. The van der Waals surface area contributed by atoms with E-state index in [9.17, 15) is 5.11 Å². The molecule has 2 rings (SSSR count). The Morgan fingerprint density at radius 3 is 2.85 bits per heavy atom. The van der Waals surface area contributed by atoms with Gasteiger partial charge in [-0.1, -0.05) is 31.5 Å². The SMILES string of the molecule is CCOc1ccccc1C(O)CN1CCCCC1CC. The zero-order valence-corrected chi connectivity index (χ0v) is 12.7. The summed E-state index contributed by atoms with van der Waals surface area (Å²) in [7, 11) is 0. The number of likely N-dealkylation sites (tertiary alicyclic amines) is 1. The molecule has 0 spiro atoms. The molecule has 3 nitrogen and oxygen atoms in total. The lowest BCUT2D eigenvalue weighted by Crippen LogP contribution is -2.41. The molecule has 112 valence electrons. The lowest BCUT2D eigenvalue weighted by atomic mass is 9.98. The van der Waals surface area contributed by atoms with Gasteiger partial charge in [-0.3, -0.25) is 4.90 Å². The summed E-state index contributed by atoms with van der Waals surface area (Å²) in [5.74, 6) is 0.813. The summed E-state index contributed by atoms with van der Waals surface area (Å²) < 4.78 is 5.62. The fourth-order valence-electron chi connectivity index (χ4n) is 3.13. The number of hydrogen-bond donors (Lipinski definition) is 1. The minimum Gasteiger partial charge on any atom is -0.493 e. The third-order valence-corrected chi connectivity index (χ3v) is 4.21. The molecule has 1 heterocycles. The minimum absolute atomic E-state index is 0.468. The fraction of sp³-hybridized carbons (Fsp3) is 0.647. The highest BCUT2D eigenvalue weighted by molar-refractivity contribution is 5.35. The van der Waals surface area contributed by atoms with Gasteiger partial charge in [-0.2, -0.15) is 0 Å². The summed E-state index contributed by atoms with van der Waals surface area (Å²) in [5, 5.41) is 10.6. The van der Waals surface area contributed by atoms with Crippen molar-refractivity contribution in [3.8, 4) is 5.75 Å². The Bertz CT molecular complexity index is 408. The maximum absolute atomic E-state index is 10.6. The van der Waals surface area contributed by atoms with E-state index in [1.807, 2.05) is 31.2 Å². The molecule has 1 fully saturated rings. The van der Waals surface area contributed by atoms with Crippen molar-refractivity contribution in [1.82, 2.24) is 4.90 Å². The van der Waals surface area contributed by atoms with Crippen LogP contribution in [0.5, 0.6) is 5.75 Å². The Labute approximate surface area is 122 Å². The number of ether oxygens (including phenoxy) is 1. The van der Waals surface area contributed by atoms with Gasteiger partial charge in [0.15, 0.2) is 0 Å². The van der Waals surface area contributed by atoms with Crippen LogP contribution in [0.1, 0.15) is 51.2 Å². The van der Waals surface area contributed by atoms with Crippen molar-refractivity contribution in [1.29, 1.82) is 0 Å². The maximum Gasteiger partial charge on any atom is 0.125 e. The number of aliphatic hydroxyl groups is 1. The summed E-state index contributed by atoms with van der Waals surface area (Å²) in [5.41, 5.74) is 0.912. The normalized spacial score (nSPS) is 21.6. The number of β-amino-alcohol motifs (C(OH)–C–C–N with tert-alkyl or cyclic N) is 1. The summed E-state index contributed by atoms with van der Waals surface area (Å²) in [4.78, 5) is 2.44.